The second kappa shape index (κ2) is 4.46. The average Bonchev–Trinajstić information content (AvgIpc) is 3.11. The van der Waals surface area contributed by atoms with E-state index in [1.165, 1.54) is 11.3 Å². The van der Waals surface area contributed by atoms with Gasteiger partial charge in [-0.15, -0.1) is 11.3 Å². The Bertz CT molecular complexity index is 978. The fourth-order valence-corrected chi connectivity index (χ4v) is 3.36. The Balaban J connectivity index is 1.92. The van der Waals surface area contributed by atoms with E-state index in [1.807, 2.05) is 36.4 Å². The van der Waals surface area contributed by atoms with E-state index in [0.29, 0.717) is 5.56 Å². The molecule has 4 rings (SSSR count). The molecule has 0 saturated carbocycles. The molecule has 0 spiro atoms. The maximum atomic E-state index is 11.0. The Morgan fingerprint density at radius 1 is 1.00 bits per heavy atom. The molecule has 2 aromatic carbocycles. The second-order valence-electron chi connectivity index (χ2n) is 4.81. The number of carboxylic acids is 1. The van der Waals surface area contributed by atoms with Crippen LogP contribution in [0.4, 0.5) is 0 Å². The molecule has 4 heteroatoms. The molecule has 0 aliphatic rings. The van der Waals surface area contributed by atoms with Gasteiger partial charge in [0.1, 0.15) is 11.2 Å². The Morgan fingerprint density at radius 2 is 1.81 bits per heavy atom. The van der Waals surface area contributed by atoms with Crippen LogP contribution in [0.2, 0.25) is 0 Å². The van der Waals surface area contributed by atoms with E-state index in [9.17, 15) is 4.79 Å². The maximum absolute atomic E-state index is 11.0. The Labute approximate surface area is 124 Å². The molecule has 4 aromatic rings. The summed E-state index contributed by atoms with van der Waals surface area (Å²) in [5.74, 6) is -0.896. The number of rotatable bonds is 2. The molecule has 0 bridgehead atoms. The molecule has 0 amide bonds. The van der Waals surface area contributed by atoms with Crippen LogP contribution in [0.25, 0.3) is 32.4 Å². The molecule has 21 heavy (non-hydrogen) atoms. The number of benzene rings is 2. The minimum atomic E-state index is -0.896. The third-order valence-electron chi connectivity index (χ3n) is 3.51. The van der Waals surface area contributed by atoms with Gasteiger partial charge < -0.3 is 9.52 Å². The molecule has 0 atom stereocenters. The summed E-state index contributed by atoms with van der Waals surface area (Å²) in [6.45, 7) is 0. The van der Waals surface area contributed by atoms with Gasteiger partial charge in [-0.25, -0.2) is 4.79 Å². The Kier molecular flexibility index (Phi) is 2.59. The van der Waals surface area contributed by atoms with Crippen LogP contribution in [0.5, 0.6) is 0 Å². The SMILES string of the molecule is O=C(O)c1csc(-c2ccc3oc4ccccc4c3c2)c1. The molecule has 1 N–H and O–H groups in total. The first-order valence-corrected chi connectivity index (χ1v) is 7.34. The number of hydrogen-bond donors (Lipinski definition) is 1. The van der Waals surface area contributed by atoms with Crippen molar-refractivity contribution in [3.05, 3.63) is 59.5 Å². The highest BCUT2D eigenvalue weighted by atomic mass is 32.1. The lowest BCUT2D eigenvalue weighted by Crippen LogP contribution is -1.91. The van der Waals surface area contributed by atoms with Crippen LogP contribution >= 0.6 is 11.3 Å². The van der Waals surface area contributed by atoms with E-state index in [4.69, 9.17) is 9.52 Å². The summed E-state index contributed by atoms with van der Waals surface area (Å²) in [4.78, 5) is 11.9. The molecule has 102 valence electrons. The normalized spacial score (nSPS) is 11.2. The largest absolute Gasteiger partial charge is 0.478 e. The van der Waals surface area contributed by atoms with Crippen molar-refractivity contribution >= 4 is 39.2 Å². The van der Waals surface area contributed by atoms with E-state index >= 15 is 0 Å². The highest BCUT2D eigenvalue weighted by Gasteiger charge is 2.11. The summed E-state index contributed by atoms with van der Waals surface area (Å²) >= 11 is 1.44. The molecule has 0 radical (unpaired) electrons. The van der Waals surface area contributed by atoms with Crippen LogP contribution in [0.1, 0.15) is 10.4 Å². The van der Waals surface area contributed by atoms with Crippen LogP contribution in [0, 0.1) is 0 Å². The molecular weight excluding hydrogens is 284 g/mol. The number of thiophene rings is 1. The molecule has 0 aliphatic heterocycles. The van der Waals surface area contributed by atoms with Gasteiger partial charge in [0.15, 0.2) is 0 Å². The summed E-state index contributed by atoms with van der Waals surface area (Å²) < 4.78 is 5.80. The van der Waals surface area contributed by atoms with Crippen LogP contribution < -0.4 is 0 Å². The van der Waals surface area contributed by atoms with Crippen molar-refractivity contribution < 1.29 is 14.3 Å². The monoisotopic (exact) mass is 294 g/mol. The van der Waals surface area contributed by atoms with Crippen LogP contribution in [0.3, 0.4) is 0 Å². The highest BCUT2D eigenvalue weighted by Crippen LogP contribution is 2.34. The summed E-state index contributed by atoms with van der Waals surface area (Å²) in [7, 11) is 0. The summed E-state index contributed by atoms with van der Waals surface area (Å²) in [6, 6.07) is 15.6. The zero-order valence-electron chi connectivity index (χ0n) is 10.9. The zero-order valence-corrected chi connectivity index (χ0v) is 11.7. The molecule has 2 heterocycles. The number of fused-ring (bicyclic) bond motifs is 3. The molecule has 2 aromatic heterocycles. The minimum absolute atomic E-state index is 0.326. The van der Waals surface area contributed by atoms with Gasteiger partial charge >= 0.3 is 5.97 Å². The first kappa shape index (κ1) is 12.2. The first-order valence-electron chi connectivity index (χ1n) is 6.46. The zero-order chi connectivity index (χ0) is 14.4. The lowest BCUT2D eigenvalue weighted by atomic mass is 10.1. The van der Waals surface area contributed by atoms with Gasteiger partial charge in [0.2, 0.25) is 0 Å². The van der Waals surface area contributed by atoms with Crippen molar-refractivity contribution in [2.75, 3.05) is 0 Å². The second-order valence-corrected chi connectivity index (χ2v) is 5.73. The van der Waals surface area contributed by atoms with Crippen molar-refractivity contribution in [3.8, 4) is 10.4 Å². The van der Waals surface area contributed by atoms with E-state index in [0.717, 1.165) is 32.4 Å². The van der Waals surface area contributed by atoms with Crippen molar-refractivity contribution in [1.82, 2.24) is 0 Å². The van der Waals surface area contributed by atoms with Crippen molar-refractivity contribution in [2.24, 2.45) is 0 Å². The number of para-hydroxylation sites is 1. The lowest BCUT2D eigenvalue weighted by Gasteiger charge is -1.97. The van der Waals surface area contributed by atoms with Gasteiger partial charge in [0, 0.05) is 21.0 Å². The van der Waals surface area contributed by atoms with Crippen LogP contribution in [0.15, 0.2) is 58.3 Å². The number of carboxylic acid groups (broad SMARTS) is 1. The number of hydrogen-bond acceptors (Lipinski definition) is 3. The van der Waals surface area contributed by atoms with Crippen molar-refractivity contribution in [1.29, 1.82) is 0 Å². The van der Waals surface area contributed by atoms with E-state index in [2.05, 4.69) is 6.07 Å². The van der Waals surface area contributed by atoms with Gasteiger partial charge in [-0.05, 0) is 35.9 Å². The van der Waals surface area contributed by atoms with Crippen molar-refractivity contribution in [2.45, 2.75) is 0 Å². The third kappa shape index (κ3) is 1.92. The topological polar surface area (TPSA) is 50.4 Å². The molecule has 0 fully saturated rings. The van der Waals surface area contributed by atoms with Crippen LogP contribution in [-0.4, -0.2) is 11.1 Å². The summed E-state index contributed by atoms with van der Waals surface area (Å²) in [5.41, 5.74) is 3.04. The van der Waals surface area contributed by atoms with Gasteiger partial charge in [0.05, 0.1) is 5.56 Å². The summed E-state index contributed by atoms with van der Waals surface area (Å²) in [6.07, 6.45) is 0. The van der Waals surface area contributed by atoms with Gasteiger partial charge in [0.25, 0.3) is 0 Å². The van der Waals surface area contributed by atoms with E-state index in [-0.39, 0.29) is 0 Å². The molecule has 0 unspecified atom stereocenters. The fourth-order valence-electron chi connectivity index (χ4n) is 2.48. The van der Waals surface area contributed by atoms with E-state index < -0.39 is 5.97 Å². The van der Waals surface area contributed by atoms with Gasteiger partial charge in [-0.1, -0.05) is 18.2 Å². The average molecular weight is 294 g/mol. The fraction of sp³-hybridized carbons (Fsp3) is 0. The van der Waals surface area contributed by atoms with Crippen LogP contribution in [-0.2, 0) is 0 Å². The van der Waals surface area contributed by atoms with E-state index in [1.54, 1.807) is 11.4 Å². The molecule has 0 aliphatic carbocycles. The third-order valence-corrected chi connectivity index (χ3v) is 4.49. The number of carbonyl (C=O) groups is 1. The van der Waals surface area contributed by atoms with Gasteiger partial charge in [-0.3, -0.25) is 0 Å². The lowest BCUT2D eigenvalue weighted by molar-refractivity contribution is 0.0697. The highest BCUT2D eigenvalue weighted by molar-refractivity contribution is 7.13. The molecule has 0 saturated heterocycles. The first-order chi connectivity index (χ1) is 10.2. The predicted octanol–water partition coefficient (Wildman–Crippen LogP) is 5.01. The Morgan fingerprint density at radius 3 is 2.62 bits per heavy atom. The number of aromatic carboxylic acids is 1. The molecular formula is C17H10O3S. The van der Waals surface area contributed by atoms with Gasteiger partial charge in [-0.2, -0.15) is 0 Å². The minimum Gasteiger partial charge on any atom is -0.478 e. The smallest absolute Gasteiger partial charge is 0.336 e. The maximum Gasteiger partial charge on any atom is 0.336 e. The molecule has 3 nitrogen and oxygen atoms in total. The number of furan rings is 1. The Hall–Kier alpha value is -2.59. The predicted molar refractivity (Wildman–Crippen MR) is 84.0 cm³/mol. The quantitative estimate of drug-likeness (QED) is 0.565. The van der Waals surface area contributed by atoms with Crippen molar-refractivity contribution in [3.63, 3.8) is 0 Å². The standard InChI is InChI=1S/C17H10O3S/c18-17(19)11-8-16(21-9-11)10-5-6-15-13(7-10)12-3-1-2-4-14(12)20-15/h1-9H,(H,18,19). The summed E-state index contributed by atoms with van der Waals surface area (Å²) in [5, 5.41) is 12.8.